The number of nitrogens with two attached hydrogens (primary N) is 1. The van der Waals surface area contributed by atoms with E-state index in [0.717, 1.165) is 12.1 Å². The minimum Gasteiger partial charge on any atom is -0.327 e. The molecule has 1 aromatic rings. The Bertz CT molecular complexity index is 473. The Hall–Kier alpha value is -1.63. The number of hydrogen-bond acceptors (Lipinski definition) is 3. The van der Waals surface area contributed by atoms with Crippen LogP contribution in [0.3, 0.4) is 0 Å². The van der Waals surface area contributed by atoms with Gasteiger partial charge in [0.05, 0.1) is 10.5 Å². The van der Waals surface area contributed by atoms with Crippen LogP contribution >= 0.6 is 0 Å². The fourth-order valence-corrected chi connectivity index (χ4v) is 2.07. The standard InChI is InChI=1S/C12H15F3N2O2/c1-3-9(7(2)16)10-5-4-8(12(13,14)15)6-11(10)17(18)19/h4-7,9H,3,16H2,1-2H3. The lowest BCUT2D eigenvalue weighted by Gasteiger charge is -2.20. The van der Waals surface area contributed by atoms with Gasteiger partial charge in [-0.25, -0.2) is 0 Å². The van der Waals surface area contributed by atoms with Gasteiger partial charge in [0.15, 0.2) is 0 Å². The Balaban J connectivity index is 3.38. The summed E-state index contributed by atoms with van der Waals surface area (Å²) in [6.45, 7) is 3.46. The van der Waals surface area contributed by atoms with Crippen LogP contribution in [0, 0.1) is 10.1 Å². The zero-order valence-corrected chi connectivity index (χ0v) is 10.6. The predicted octanol–water partition coefficient (Wildman–Crippen LogP) is 3.45. The molecule has 0 amide bonds. The minimum atomic E-state index is -4.60. The van der Waals surface area contributed by atoms with E-state index in [0.29, 0.717) is 12.5 Å². The van der Waals surface area contributed by atoms with Crippen LogP contribution in [0.2, 0.25) is 0 Å². The van der Waals surface area contributed by atoms with Gasteiger partial charge in [-0.15, -0.1) is 0 Å². The van der Waals surface area contributed by atoms with Gasteiger partial charge in [-0.05, 0) is 19.4 Å². The summed E-state index contributed by atoms with van der Waals surface area (Å²) >= 11 is 0. The molecule has 0 radical (unpaired) electrons. The Kier molecular flexibility index (Phi) is 4.52. The number of nitrogens with zero attached hydrogens (tertiary/aromatic N) is 1. The molecule has 0 saturated carbocycles. The summed E-state index contributed by atoms with van der Waals surface area (Å²) in [5.74, 6) is -0.345. The molecule has 0 aliphatic rings. The summed E-state index contributed by atoms with van der Waals surface area (Å²) in [6, 6.07) is 2.20. The second-order valence-electron chi connectivity index (χ2n) is 4.40. The number of rotatable bonds is 4. The summed E-state index contributed by atoms with van der Waals surface area (Å²) in [7, 11) is 0. The summed E-state index contributed by atoms with van der Waals surface area (Å²) in [4.78, 5) is 10.1. The first kappa shape index (κ1) is 15.4. The Labute approximate surface area is 108 Å². The predicted molar refractivity (Wildman–Crippen MR) is 64.8 cm³/mol. The van der Waals surface area contributed by atoms with Crippen LogP contribution in [0.1, 0.15) is 37.3 Å². The summed E-state index contributed by atoms with van der Waals surface area (Å²) in [5, 5.41) is 10.9. The quantitative estimate of drug-likeness (QED) is 0.676. The molecule has 4 nitrogen and oxygen atoms in total. The molecule has 1 rings (SSSR count). The summed E-state index contributed by atoms with van der Waals surface area (Å²) in [6.07, 6.45) is -4.08. The smallest absolute Gasteiger partial charge is 0.327 e. The van der Waals surface area contributed by atoms with Gasteiger partial charge in [0, 0.05) is 23.6 Å². The van der Waals surface area contributed by atoms with E-state index in [1.807, 2.05) is 0 Å². The molecule has 106 valence electrons. The van der Waals surface area contributed by atoms with E-state index < -0.39 is 22.4 Å². The molecule has 1 aromatic carbocycles. The molecule has 0 saturated heterocycles. The molecule has 0 fully saturated rings. The number of nitro benzene ring substituents is 1. The molecular formula is C12H15F3N2O2. The van der Waals surface area contributed by atoms with Crippen molar-refractivity contribution in [2.75, 3.05) is 0 Å². The van der Waals surface area contributed by atoms with E-state index in [9.17, 15) is 23.3 Å². The Morgan fingerprint density at radius 3 is 2.37 bits per heavy atom. The van der Waals surface area contributed by atoms with Crippen LogP contribution < -0.4 is 5.73 Å². The van der Waals surface area contributed by atoms with E-state index in [2.05, 4.69) is 0 Å². The Morgan fingerprint density at radius 2 is 2.00 bits per heavy atom. The second kappa shape index (κ2) is 5.56. The average Bonchev–Trinajstić information content (AvgIpc) is 2.28. The van der Waals surface area contributed by atoms with Crippen molar-refractivity contribution < 1.29 is 18.1 Å². The fraction of sp³-hybridized carbons (Fsp3) is 0.500. The lowest BCUT2D eigenvalue weighted by atomic mass is 9.88. The van der Waals surface area contributed by atoms with Crippen molar-refractivity contribution in [1.82, 2.24) is 0 Å². The SMILES string of the molecule is CCC(c1ccc(C(F)(F)F)cc1[N+](=O)[O-])C(C)N. The highest BCUT2D eigenvalue weighted by molar-refractivity contribution is 5.46. The van der Waals surface area contributed by atoms with Gasteiger partial charge in [0.1, 0.15) is 0 Å². The lowest BCUT2D eigenvalue weighted by Crippen LogP contribution is -2.25. The highest BCUT2D eigenvalue weighted by Crippen LogP contribution is 2.36. The van der Waals surface area contributed by atoms with Crippen LogP contribution in [0.5, 0.6) is 0 Å². The Morgan fingerprint density at radius 1 is 1.42 bits per heavy atom. The highest BCUT2D eigenvalue weighted by Gasteiger charge is 2.34. The summed E-state index contributed by atoms with van der Waals surface area (Å²) < 4.78 is 37.7. The number of benzene rings is 1. The molecule has 0 heterocycles. The average molecular weight is 276 g/mol. The monoisotopic (exact) mass is 276 g/mol. The number of alkyl halides is 3. The van der Waals surface area contributed by atoms with E-state index in [1.54, 1.807) is 13.8 Å². The van der Waals surface area contributed by atoms with Gasteiger partial charge in [-0.1, -0.05) is 13.0 Å². The van der Waals surface area contributed by atoms with Gasteiger partial charge in [0.25, 0.3) is 5.69 Å². The first-order chi connectivity index (χ1) is 8.68. The van der Waals surface area contributed by atoms with Crippen molar-refractivity contribution >= 4 is 5.69 Å². The summed E-state index contributed by atoms with van der Waals surface area (Å²) in [5.41, 5.74) is 4.42. The van der Waals surface area contributed by atoms with E-state index in [-0.39, 0.29) is 17.5 Å². The maximum atomic E-state index is 12.6. The van der Waals surface area contributed by atoms with Crippen LogP contribution in [0.15, 0.2) is 18.2 Å². The van der Waals surface area contributed by atoms with Gasteiger partial charge in [-0.3, -0.25) is 10.1 Å². The van der Waals surface area contributed by atoms with E-state index in [1.165, 1.54) is 0 Å². The molecule has 19 heavy (non-hydrogen) atoms. The molecule has 0 bridgehead atoms. The first-order valence-corrected chi connectivity index (χ1v) is 5.79. The minimum absolute atomic E-state index is 0.246. The molecule has 2 unspecified atom stereocenters. The van der Waals surface area contributed by atoms with E-state index >= 15 is 0 Å². The number of nitro groups is 1. The maximum Gasteiger partial charge on any atom is 0.416 e. The molecule has 0 aliphatic heterocycles. The molecule has 7 heteroatoms. The van der Waals surface area contributed by atoms with Crippen molar-refractivity contribution in [3.63, 3.8) is 0 Å². The zero-order chi connectivity index (χ0) is 14.8. The zero-order valence-electron chi connectivity index (χ0n) is 10.6. The third-order valence-electron chi connectivity index (χ3n) is 3.03. The molecular weight excluding hydrogens is 261 g/mol. The molecule has 2 N–H and O–H groups in total. The third-order valence-corrected chi connectivity index (χ3v) is 3.03. The van der Waals surface area contributed by atoms with Crippen LogP contribution in [0.4, 0.5) is 18.9 Å². The number of halogens is 3. The van der Waals surface area contributed by atoms with Crippen molar-refractivity contribution in [2.45, 2.75) is 38.4 Å². The highest BCUT2D eigenvalue weighted by atomic mass is 19.4. The topological polar surface area (TPSA) is 69.2 Å². The van der Waals surface area contributed by atoms with Crippen molar-refractivity contribution in [3.8, 4) is 0 Å². The molecule has 0 spiro atoms. The van der Waals surface area contributed by atoms with Gasteiger partial charge in [0.2, 0.25) is 0 Å². The van der Waals surface area contributed by atoms with Crippen molar-refractivity contribution in [3.05, 3.63) is 39.4 Å². The van der Waals surface area contributed by atoms with Crippen LogP contribution in [-0.2, 0) is 6.18 Å². The maximum absolute atomic E-state index is 12.6. The molecule has 2 atom stereocenters. The second-order valence-corrected chi connectivity index (χ2v) is 4.40. The van der Waals surface area contributed by atoms with E-state index in [4.69, 9.17) is 5.73 Å². The van der Waals surface area contributed by atoms with Crippen molar-refractivity contribution in [2.24, 2.45) is 5.73 Å². The first-order valence-electron chi connectivity index (χ1n) is 5.79. The van der Waals surface area contributed by atoms with Gasteiger partial charge < -0.3 is 5.73 Å². The fourth-order valence-electron chi connectivity index (χ4n) is 2.07. The van der Waals surface area contributed by atoms with Crippen molar-refractivity contribution in [1.29, 1.82) is 0 Å². The van der Waals surface area contributed by atoms with Gasteiger partial charge in [-0.2, -0.15) is 13.2 Å². The van der Waals surface area contributed by atoms with Crippen LogP contribution in [-0.4, -0.2) is 11.0 Å². The largest absolute Gasteiger partial charge is 0.416 e. The lowest BCUT2D eigenvalue weighted by molar-refractivity contribution is -0.386. The molecule has 0 aliphatic carbocycles. The third kappa shape index (κ3) is 3.44. The normalized spacial score (nSPS) is 15.1. The van der Waals surface area contributed by atoms with Crippen LogP contribution in [0.25, 0.3) is 0 Å². The number of hydrogen-bond donors (Lipinski definition) is 1. The van der Waals surface area contributed by atoms with Gasteiger partial charge >= 0.3 is 6.18 Å². The molecule has 0 aromatic heterocycles.